The lowest BCUT2D eigenvalue weighted by molar-refractivity contribution is 0.297. The molecule has 2 heterocycles. The Kier molecular flexibility index (Phi) is 12.5. The van der Waals surface area contributed by atoms with Gasteiger partial charge in [-0.2, -0.15) is 0 Å². The standard InChI is InChI=1S/C21H38N6.HI/c1-5-13-26(7-3)16-12-23-21(22-6-2)25-19-10-14-27(15-11-19)20-9-8-18(4)17-24-20;/h8-9,17,19H,5-7,10-16H2,1-4H3,(H2,22,23,25);1H. The third-order valence-electron chi connectivity index (χ3n) is 5.07. The topological polar surface area (TPSA) is 55.8 Å². The smallest absolute Gasteiger partial charge is 0.191 e. The minimum atomic E-state index is 0. The normalized spacial score (nSPS) is 15.5. The third-order valence-corrected chi connectivity index (χ3v) is 5.07. The van der Waals surface area contributed by atoms with Gasteiger partial charge in [0.2, 0.25) is 0 Å². The number of likely N-dealkylation sites (N-methyl/N-ethyl adjacent to an activating group) is 1. The lowest BCUT2D eigenvalue weighted by Crippen LogP contribution is -2.49. The zero-order valence-corrected chi connectivity index (χ0v) is 20.4. The van der Waals surface area contributed by atoms with Gasteiger partial charge < -0.3 is 20.4 Å². The number of nitrogens with zero attached hydrogens (tertiary/aromatic N) is 4. The van der Waals surface area contributed by atoms with Crippen LogP contribution in [-0.2, 0) is 0 Å². The second-order valence-corrected chi connectivity index (χ2v) is 7.29. The predicted molar refractivity (Wildman–Crippen MR) is 131 cm³/mol. The fourth-order valence-electron chi connectivity index (χ4n) is 3.46. The number of aromatic nitrogens is 1. The van der Waals surface area contributed by atoms with Gasteiger partial charge in [-0.15, -0.1) is 24.0 Å². The van der Waals surface area contributed by atoms with Gasteiger partial charge in [-0.05, 0) is 57.8 Å². The molecule has 160 valence electrons. The van der Waals surface area contributed by atoms with Crippen LogP contribution in [0.4, 0.5) is 5.82 Å². The number of rotatable bonds is 9. The van der Waals surface area contributed by atoms with Crippen molar-refractivity contribution >= 4 is 35.8 Å². The third kappa shape index (κ3) is 8.51. The minimum Gasteiger partial charge on any atom is -0.357 e. The summed E-state index contributed by atoms with van der Waals surface area (Å²) in [6.07, 6.45) is 5.37. The average molecular weight is 502 g/mol. The Labute approximate surface area is 188 Å². The molecule has 2 N–H and O–H groups in total. The van der Waals surface area contributed by atoms with Gasteiger partial charge in [0.05, 0.1) is 6.54 Å². The Morgan fingerprint density at radius 3 is 2.54 bits per heavy atom. The van der Waals surface area contributed by atoms with Gasteiger partial charge in [0, 0.05) is 38.4 Å². The van der Waals surface area contributed by atoms with E-state index in [0.29, 0.717) is 6.04 Å². The number of anilines is 1. The molecular weight excluding hydrogens is 463 g/mol. The molecule has 0 radical (unpaired) electrons. The number of aliphatic imine (C=N–C) groups is 1. The highest BCUT2D eigenvalue weighted by atomic mass is 127. The number of piperidine rings is 1. The largest absolute Gasteiger partial charge is 0.357 e. The second kappa shape index (κ2) is 14.0. The monoisotopic (exact) mass is 502 g/mol. The van der Waals surface area contributed by atoms with Crippen molar-refractivity contribution in [2.75, 3.05) is 50.7 Å². The molecule has 1 aromatic rings. The Hall–Kier alpha value is -1.09. The van der Waals surface area contributed by atoms with E-state index in [-0.39, 0.29) is 24.0 Å². The van der Waals surface area contributed by atoms with Crippen LogP contribution >= 0.6 is 24.0 Å². The van der Waals surface area contributed by atoms with Crippen LogP contribution in [-0.4, -0.2) is 67.7 Å². The molecule has 7 heteroatoms. The van der Waals surface area contributed by atoms with E-state index in [0.717, 1.165) is 70.4 Å². The van der Waals surface area contributed by atoms with E-state index in [4.69, 9.17) is 4.99 Å². The Bertz CT molecular complexity index is 555. The first-order valence-electron chi connectivity index (χ1n) is 10.6. The summed E-state index contributed by atoms with van der Waals surface area (Å²) in [5, 5.41) is 7.03. The van der Waals surface area contributed by atoms with E-state index in [2.05, 4.69) is 65.2 Å². The van der Waals surface area contributed by atoms with E-state index in [1.165, 1.54) is 12.0 Å². The van der Waals surface area contributed by atoms with Crippen molar-refractivity contribution in [1.82, 2.24) is 20.5 Å². The van der Waals surface area contributed by atoms with E-state index in [1.807, 2.05) is 6.20 Å². The van der Waals surface area contributed by atoms with Crippen molar-refractivity contribution in [3.8, 4) is 0 Å². The van der Waals surface area contributed by atoms with E-state index < -0.39 is 0 Å². The van der Waals surface area contributed by atoms with Gasteiger partial charge in [0.15, 0.2) is 5.96 Å². The van der Waals surface area contributed by atoms with E-state index in [1.54, 1.807) is 0 Å². The zero-order valence-electron chi connectivity index (χ0n) is 18.1. The molecule has 0 unspecified atom stereocenters. The summed E-state index contributed by atoms with van der Waals surface area (Å²) in [5.41, 5.74) is 1.21. The molecule has 6 nitrogen and oxygen atoms in total. The Morgan fingerprint density at radius 1 is 1.21 bits per heavy atom. The van der Waals surface area contributed by atoms with Crippen LogP contribution < -0.4 is 15.5 Å². The zero-order chi connectivity index (χ0) is 19.5. The first kappa shape index (κ1) is 24.9. The number of halogens is 1. The molecule has 28 heavy (non-hydrogen) atoms. The highest BCUT2D eigenvalue weighted by Crippen LogP contribution is 2.17. The van der Waals surface area contributed by atoms with Crippen molar-refractivity contribution in [3.05, 3.63) is 23.9 Å². The number of guanidine groups is 1. The van der Waals surface area contributed by atoms with E-state index >= 15 is 0 Å². The molecule has 1 aromatic heterocycles. The van der Waals surface area contributed by atoms with Crippen LogP contribution in [0.25, 0.3) is 0 Å². The Balaban J connectivity index is 0.00000392. The fraction of sp³-hybridized carbons (Fsp3) is 0.714. The quantitative estimate of drug-likeness (QED) is 0.309. The lowest BCUT2D eigenvalue weighted by Gasteiger charge is -2.34. The van der Waals surface area contributed by atoms with Crippen molar-refractivity contribution in [3.63, 3.8) is 0 Å². The molecule has 1 fully saturated rings. The molecule has 0 aliphatic carbocycles. The van der Waals surface area contributed by atoms with Crippen LogP contribution in [0.3, 0.4) is 0 Å². The average Bonchev–Trinajstić information content (AvgIpc) is 2.68. The molecular formula is C21H39IN6. The SMILES string of the molecule is CCCN(CC)CCN=C(NCC)NC1CCN(c2ccc(C)cn2)CC1.I. The highest BCUT2D eigenvalue weighted by Gasteiger charge is 2.20. The van der Waals surface area contributed by atoms with Crippen LogP contribution in [0.5, 0.6) is 0 Å². The van der Waals surface area contributed by atoms with Crippen molar-refractivity contribution in [2.24, 2.45) is 4.99 Å². The van der Waals surface area contributed by atoms with Crippen molar-refractivity contribution in [2.45, 2.75) is 53.0 Å². The van der Waals surface area contributed by atoms with Crippen LogP contribution in [0.15, 0.2) is 23.3 Å². The number of nitrogens with one attached hydrogen (secondary N) is 2. The van der Waals surface area contributed by atoms with Crippen LogP contribution in [0.1, 0.15) is 45.6 Å². The molecule has 1 aliphatic rings. The maximum absolute atomic E-state index is 4.79. The van der Waals surface area contributed by atoms with Crippen LogP contribution in [0.2, 0.25) is 0 Å². The molecule has 1 aliphatic heterocycles. The summed E-state index contributed by atoms with van der Waals surface area (Å²) in [7, 11) is 0. The molecule has 0 saturated carbocycles. The van der Waals surface area contributed by atoms with Crippen molar-refractivity contribution in [1.29, 1.82) is 0 Å². The molecule has 0 amide bonds. The molecule has 1 saturated heterocycles. The molecule has 0 spiro atoms. The summed E-state index contributed by atoms with van der Waals surface area (Å²) in [4.78, 5) is 14.2. The molecule has 0 bridgehead atoms. The Morgan fingerprint density at radius 2 is 1.96 bits per heavy atom. The number of hydrogen-bond donors (Lipinski definition) is 2. The minimum absolute atomic E-state index is 0. The summed E-state index contributed by atoms with van der Waals surface area (Å²) in [6.45, 7) is 15.7. The lowest BCUT2D eigenvalue weighted by atomic mass is 10.1. The maximum atomic E-state index is 4.79. The second-order valence-electron chi connectivity index (χ2n) is 7.29. The number of pyridine rings is 1. The fourth-order valence-corrected chi connectivity index (χ4v) is 3.46. The number of hydrogen-bond acceptors (Lipinski definition) is 4. The molecule has 0 atom stereocenters. The van der Waals surface area contributed by atoms with Gasteiger partial charge in [-0.3, -0.25) is 4.99 Å². The van der Waals surface area contributed by atoms with Crippen LogP contribution in [0, 0.1) is 6.92 Å². The van der Waals surface area contributed by atoms with Crippen molar-refractivity contribution < 1.29 is 0 Å². The summed E-state index contributed by atoms with van der Waals surface area (Å²) >= 11 is 0. The number of aryl methyl sites for hydroxylation is 1. The van der Waals surface area contributed by atoms with E-state index in [9.17, 15) is 0 Å². The molecule has 2 rings (SSSR count). The maximum Gasteiger partial charge on any atom is 0.191 e. The summed E-state index contributed by atoms with van der Waals surface area (Å²) < 4.78 is 0. The highest BCUT2D eigenvalue weighted by molar-refractivity contribution is 14.0. The van der Waals surface area contributed by atoms with Gasteiger partial charge in [-0.25, -0.2) is 4.98 Å². The van der Waals surface area contributed by atoms with Gasteiger partial charge >= 0.3 is 0 Å². The molecule has 0 aromatic carbocycles. The van der Waals surface area contributed by atoms with Gasteiger partial charge in [0.25, 0.3) is 0 Å². The first-order chi connectivity index (χ1) is 13.2. The summed E-state index contributed by atoms with van der Waals surface area (Å²) in [5.74, 6) is 2.05. The summed E-state index contributed by atoms with van der Waals surface area (Å²) in [6, 6.07) is 4.74. The van der Waals surface area contributed by atoms with Gasteiger partial charge in [0.1, 0.15) is 5.82 Å². The predicted octanol–water partition coefficient (Wildman–Crippen LogP) is 3.26. The van der Waals surface area contributed by atoms with Gasteiger partial charge in [-0.1, -0.05) is 19.9 Å². The first-order valence-corrected chi connectivity index (χ1v) is 10.6.